The first kappa shape index (κ1) is 12.3. The maximum atomic E-state index is 10.4. The van der Waals surface area contributed by atoms with Crippen LogP contribution in [-0.2, 0) is 0 Å². The first-order chi connectivity index (χ1) is 8.09. The van der Waals surface area contributed by atoms with Gasteiger partial charge >= 0.3 is 0 Å². The van der Waals surface area contributed by atoms with E-state index in [0.717, 1.165) is 4.88 Å². The van der Waals surface area contributed by atoms with Crippen LogP contribution in [0.1, 0.15) is 39.8 Å². The lowest BCUT2D eigenvalue weighted by Gasteiger charge is -2.19. The van der Waals surface area contributed by atoms with Crippen molar-refractivity contribution in [1.82, 2.24) is 0 Å². The molecular formula is C15H18OS. The van der Waals surface area contributed by atoms with Crippen LogP contribution in [0.2, 0.25) is 0 Å². The van der Waals surface area contributed by atoms with Crippen molar-refractivity contribution in [1.29, 1.82) is 0 Å². The highest BCUT2D eigenvalue weighted by Gasteiger charge is 2.21. The minimum absolute atomic E-state index is 0.132. The summed E-state index contributed by atoms with van der Waals surface area (Å²) in [6.45, 7) is 6.23. The predicted molar refractivity (Wildman–Crippen MR) is 73.6 cm³/mol. The summed E-state index contributed by atoms with van der Waals surface area (Å²) in [5.74, 6) is 0.132. The number of benzene rings is 1. The largest absolute Gasteiger partial charge is 0.387 e. The number of aliphatic hydroxyl groups excluding tert-OH is 1. The molecule has 0 spiro atoms. The summed E-state index contributed by atoms with van der Waals surface area (Å²) in [6, 6.07) is 12.3. The second-order valence-corrected chi connectivity index (χ2v) is 5.84. The standard InChI is InChI=1S/C15H18OS/c1-10-9-11(2)17-15(10)14(16)12(3)13-7-5-4-6-8-13/h4-9,12,14,16H,1-3H3. The molecule has 90 valence electrons. The smallest absolute Gasteiger partial charge is 0.0950 e. The highest BCUT2D eigenvalue weighted by molar-refractivity contribution is 7.12. The van der Waals surface area contributed by atoms with E-state index in [1.165, 1.54) is 16.0 Å². The Morgan fingerprint density at radius 3 is 2.29 bits per heavy atom. The summed E-state index contributed by atoms with van der Waals surface area (Å²) in [5, 5.41) is 10.4. The molecule has 1 nitrogen and oxygen atoms in total. The lowest BCUT2D eigenvalue weighted by molar-refractivity contribution is 0.155. The van der Waals surface area contributed by atoms with E-state index in [9.17, 15) is 5.11 Å². The Morgan fingerprint density at radius 1 is 1.12 bits per heavy atom. The van der Waals surface area contributed by atoms with E-state index in [-0.39, 0.29) is 5.92 Å². The van der Waals surface area contributed by atoms with Gasteiger partial charge in [-0.15, -0.1) is 11.3 Å². The van der Waals surface area contributed by atoms with Crippen molar-refractivity contribution in [2.24, 2.45) is 0 Å². The van der Waals surface area contributed by atoms with Crippen molar-refractivity contribution >= 4 is 11.3 Å². The molecule has 1 aromatic heterocycles. The Bertz CT molecular complexity index is 487. The van der Waals surface area contributed by atoms with Gasteiger partial charge in [0.2, 0.25) is 0 Å². The van der Waals surface area contributed by atoms with Crippen molar-refractivity contribution in [3.8, 4) is 0 Å². The molecule has 0 aliphatic rings. The molecule has 2 unspecified atom stereocenters. The molecule has 2 heteroatoms. The van der Waals surface area contributed by atoms with E-state index < -0.39 is 6.10 Å². The number of hydrogen-bond donors (Lipinski definition) is 1. The molecule has 1 aromatic carbocycles. The molecule has 1 N–H and O–H groups in total. The van der Waals surface area contributed by atoms with E-state index >= 15 is 0 Å². The Morgan fingerprint density at radius 2 is 1.76 bits per heavy atom. The Hall–Kier alpha value is -1.12. The summed E-state index contributed by atoms with van der Waals surface area (Å²) in [5.41, 5.74) is 2.38. The van der Waals surface area contributed by atoms with Crippen LogP contribution in [-0.4, -0.2) is 5.11 Å². The lowest BCUT2D eigenvalue weighted by Crippen LogP contribution is -2.07. The fraction of sp³-hybridized carbons (Fsp3) is 0.333. The average Bonchev–Trinajstić information content (AvgIpc) is 2.68. The van der Waals surface area contributed by atoms with Gasteiger partial charge in [-0.25, -0.2) is 0 Å². The summed E-state index contributed by atoms with van der Waals surface area (Å²) in [4.78, 5) is 2.36. The number of rotatable bonds is 3. The van der Waals surface area contributed by atoms with Crippen molar-refractivity contribution in [2.75, 3.05) is 0 Å². The Balaban J connectivity index is 2.26. The molecule has 0 amide bonds. The molecule has 2 aromatic rings. The molecule has 2 atom stereocenters. The topological polar surface area (TPSA) is 20.2 Å². The van der Waals surface area contributed by atoms with Crippen LogP contribution in [0, 0.1) is 13.8 Å². The fourth-order valence-corrected chi connectivity index (χ4v) is 3.25. The van der Waals surface area contributed by atoms with E-state index in [0.29, 0.717) is 0 Å². The highest BCUT2D eigenvalue weighted by Crippen LogP contribution is 2.36. The van der Waals surface area contributed by atoms with E-state index in [4.69, 9.17) is 0 Å². The third kappa shape index (κ3) is 2.59. The van der Waals surface area contributed by atoms with Gasteiger partial charge in [-0.2, -0.15) is 0 Å². The van der Waals surface area contributed by atoms with Crippen molar-refractivity contribution in [3.63, 3.8) is 0 Å². The number of thiophene rings is 1. The maximum absolute atomic E-state index is 10.4. The van der Waals surface area contributed by atoms with Gasteiger partial charge < -0.3 is 5.11 Å². The molecular weight excluding hydrogens is 228 g/mol. The highest BCUT2D eigenvalue weighted by atomic mass is 32.1. The molecule has 0 aliphatic carbocycles. The summed E-state index contributed by atoms with van der Waals surface area (Å²) in [6.07, 6.45) is -0.406. The van der Waals surface area contributed by atoms with Gasteiger partial charge in [0.15, 0.2) is 0 Å². The van der Waals surface area contributed by atoms with E-state index in [2.05, 4.69) is 39.0 Å². The zero-order chi connectivity index (χ0) is 12.4. The minimum Gasteiger partial charge on any atom is -0.387 e. The normalized spacial score (nSPS) is 14.6. The van der Waals surface area contributed by atoms with Gasteiger partial charge in [-0.1, -0.05) is 37.3 Å². The first-order valence-electron chi connectivity index (χ1n) is 5.89. The van der Waals surface area contributed by atoms with Crippen LogP contribution < -0.4 is 0 Å². The van der Waals surface area contributed by atoms with Gasteiger partial charge in [0.1, 0.15) is 0 Å². The fourth-order valence-electron chi connectivity index (χ4n) is 2.12. The quantitative estimate of drug-likeness (QED) is 0.860. The van der Waals surface area contributed by atoms with Crippen molar-refractivity contribution in [2.45, 2.75) is 32.8 Å². The lowest BCUT2D eigenvalue weighted by atomic mass is 9.93. The maximum Gasteiger partial charge on any atom is 0.0950 e. The van der Waals surface area contributed by atoms with Crippen molar-refractivity contribution < 1.29 is 5.11 Å². The van der Waals surface area contributed by atoms with Crippen LogP contribution >= 0.6 is 11.3 Å². The van der Waals surface area contributed by atoms with Crippen LogP contribution in [0.15, 0.2) is 36.4 Å². The molecule has 17 heavy (non-hydrogen) atoms. The van der Waals surface area contributed by atoms with Crippen LogP contribution in [0.4, 0.5) is 0 Å². The first-order valence-corrected chi connectivity index (χ1v) is 6.71. The molecule has 2 rings (SSSR count). The van der Waals surface area contributed by atoms with Gasteiger partial charge in [0.05, 0.1) is 6.10 Å². The van der Waals surface area contributed by atoms with Crippen LogP contribution in [0.25, 0.3) is 0 Å². The summed E-state index contributed by atoms with van der Waals surface area (Å²) >= 11 is 1.70. The Kier molecular flexibility index (Phi) is 3.65. The SMILES string of the molecule is Cc1cc(C)c(C(O)C(C)c2ccccc2)s1. The number of aliphatic hydroxyl groups is 1. The third-order valence-electron chi connectivity index (χ3n) is 3.15. The monoisotopic (exact) mass is 246 g/mol. The summed E-state index contributed by atoms with van der Waals surface area (Å²) < 4.78 is 0. The Labute approximate surface area is 107 Å². The molecule has 0 fully saturated rings. The predicted octanol–water partition coefficient (Wildman–Crippen LogP) is 4.20. The van der Waals surface area contributed by atoms with Gasteiger partial charge in [0.25, 0.3) is 0 Å². The van der Waals surface area contributed by atoms with E-state index in [1.54, 1.807) is 11.3 Å². The van der Waals surface area contributed by atoms with Gasteiger partial charge in [0, 0.05) is 15.7 Å². The second-order valence-electron chi connectivity index (χ2n) is 4.55. The zero-order valence-corrected chi connectivity index (χ0v) is 11.3. The van der Waals surface area contributed by atoms with Crippen LogP contribution in [0.3, 0.4) is 0 Å². The average molecular weight is 246 g/mol. The zero-order valence-electron chi connectivity index (χ0n) is 10.5. The molecule has 0 saturated carbocycles. The van der Waals surface area contributed by atoms with Crippen LogP contribution in [0.5, 0.6) is 0 Å². The number of hydrogen-bond acceptors (Lipinski definition) is 2. The molecule has 0 aliphatic heterocycles. The van der Waals surface area contributed by atoms with Crippen molar-refractivity contribution in [3.05, 3.63) is 57.3 Å². The molecule has 0 saturated heterocycles. The molecule has 0 bridgehead atoms. The van der Waals surface area contributed by atoms with Gasteiger partial charge in [-0.3, -0.25) is 0 Å². The molecule has 0 radical (unpaired) electrons. The number of aryl methyl sites for hydroxylation is 2. The minimum atomic E-state index is -0.406. The summed E-state index contributed by atoms with van der Waals surface area (Å²) in [7, 11) is 0. The molecule has 1 heterocycles. The van der Waals surface area contributed by atoms with Gasteiger partial charge in [-0.05, 0) is 31.0 Å². The second kappa shape index (κ2) is 5.03. The van der Waals surface area contributed by atoms with E-state index in [1.807, 2.05) is 18.2 Å². The third-order valence-corrected chi connectivity index (χ3v) is 4.37.